The highest BCUT2D eigenvalue weighted by Gasteiger charge is 2.02. The summed E-state index contributed by atoms with van der Waals surface area (Å²) in [4.78, 5) is 11.2. The summed E-state index contributed by atoms with van der Waals surface area (Å²) in [6.45, 7) is 0. The van der Waals surface area contributed by atoms with Crippen LogP contribution < -0.4 is 10.2 Å². The van der Waals surface area contributed by atoms with E-state index in [1.807, 2.05) is 18.2 Å². The van der Waals surface area contributed by atoms with Crippen LogP contribution >= 0.6 is 0 Å². The first-order chi connectivity index (χ1) is 6.86. The molecule has 0 saturated carbocycles. The number of para-hydroxylation sites is 1. The van der Waals surface area contributed by atoms with Gasteiger partial charge in [-0.3, -0.25) is 4.79 Å². The van der Waals surface area contributed by atoms with Crippen LogP contribution in [0.2, 0.25) is 0 Å². The van der Waals surface area contributed by atoms with Crippen molar-refractivity contribution in [1.82, 2.24) is 15.4 Å². The van der Waals surface area contributed by atoms with Gasteiger partial charge in [0, 0.05) is 0 Å². The largest absolute Gasteiger partial charge is 0.435 e. The smallest absolute Gasteiger partial charge is 0.288 e. The minimum Gasteiger partial charge on any atom is -0.435 e. The molecule has 5 nitrogen and oxygen atoms in total. The molecule has 0 saturated heterocycles. The number of nitrogens with one attached hydrogen (secondary N) is 1. The molecule has 0 atom stereocenters. The molecule has 0 amide bonds. The van der Waals surface area contributed by atoms with Gasteiger partial charge < -0.3 is 4.74 Å². The number of hydrogen-bond acceptors (Lipinski definition) is 4. The van der Waals surface area contributed by atoms with Crippen molar-refractivity contribution < 1.29 is 4.74 Å². The molecular weight excluding hydrogens is 182 g/mol. The minimum absolute atomic E-state index is 0.00815. The SMILES string of the molecule is O=c1cn[nH]nc1Oc1ccccc1. The van der Waals surface area contributed by atoms with Gasteiger partial charge in [0.25, 0.3) is 11.3 Å². The van der Waals surface area contributed by atoms with E-state index < -0.39 is 0 Å². The molecular formula is C9H7N3O2. The van der Waals surface area contributed by atoms with Crippen molar-refractivity contribution in [3.63, 3.8) is 0 Å². The second-order valence-electron chi connectivity index (χ2n) is 2.55. The Balaban J connectivity index is 2.28. The van der Waals surface area contributed by atoms with Crippen LogP contribution in [-0.4, -0.2) is 15.4 Å². The highest BCUT2D eigenvalue weighted by atomic mass is 16.5. The van der Waals surface area contributed by atoms with Crippen molar-refractivity contribution in [3.8, 4) is 11.6 Å². The number of ether oxygens (including phenoxy) is 1. The monoisotopic (exact) mass is 189 g/mol. The Labute approximate surface area is 79.4 Å². The van der Waals surface area contributed by atoms with Crippen molar-refractivity contribution >= 4 is 0 Å². The second kappa shape index (κ2) is 3.69. The zero-order valence-electron chi connectivity index (χ0n) is 7.18. The number of rotatable bonds is 2. The molecule has 70 valence electrons. The Hall–Kier alpha value is -2.17. The van der Waals surface area contributed by atoms with Crippen LogP contribution in [0.5, 0.6) is 11.6 Å². The third-order valence-corrected chi connectivity index (χ3v) is 1.56. The Morgan fingerprint density at radius 2 is 2.00 bits per heavy atom. The van der Waals surface area contributed by atoms with Crippen LogP contribution in [0.3, 0.4) is 0 Å². The Bertz CT molecular complexity index is 467. The summed E-state index contributed by atoms with van der Waals surface area (Å²) < 4.78 is 5.21. The molecule has 1 N–H and O–H groups in total. The van der Waals surface area contributed by atoms with E-state index in [2.05, 4.69) is 15.4 Å². The van der Waals surface area contributed by atoms with Crippen LogP contribution in [-0.2, 0) is 0 Å². The number of hydrogen-bond donors (Lipinski definition) is 1. The predicted octanol–water partition coefficient (Wildman–Crippen LogP) is 0.957. The summed E-state index contributed by atoms with van der Waals surface area (Å²) in [5, 5.41) is 9.36. The molecule has 0 aliphatic carbocycles. The van der Waals surface area contributed by atoms with Crippen molar-refractivity contribution in [2.24, 2.45) is 0 Å². The lowest BCUT2D eigenvalue weighted by Gasteiger charge is -2.00. The van der Waals surface area contributed by atoms with Gasteiger partial charge in [0.15, 0.2) is 0 Å². The molecule has 0 bridgehead atoms. The van der Waals surface area contributed by atoms with Crippen molar-refractivity contribution in [3.05, 3.63) is 46.8 Å². The van der Waals surface area contributed by atoms with Gasteiger partial charge >= 0.3 is 0 Å². The van der Waals surface area contributed by atoms with E-state index >= 15 is 0 Å². The number of aromatic amines is 1. The Morgan fingerprint density at radius 3 is 2.71 bits per heavy atom. The average molecular weight is 189 g/mol. The molecule has 1 aromatic heterocycles. The second-order valence-corrected chi connectivity index (χ2v) is 2.55. The van der Waals surface area contributed by atoms with Crippen molar-refractivity contribution in [2.75, 3.05) is 0 Å². The van der Waals surface area contributed by atoms with E-state index in [0.29, 0.717) is 5.75 Å². The molecule has 0 spiro atoms. The van der Waals surface area contributed by atoms with E-state index in [9.17, 15) is 4.79 Å². The van der Waals surface area contributed by atoms with Gasteiger partial charge in [0.2, 0.25) is 0 Å². The third kappa shape index (κ3) is 1.77. The summed E-state index contributed by atoms with van der Waals surface area (Å²) in [5.41, 5.74) is -0.354. The highest BCUT2D eigenvalue weighted by Crippen LogP contribution is 2.13. The quantitative estimate of drug-likeness (QED) is 0.763. The van der Waals surface area contributed by atoms with E-state index in [1.54, 1.807) is 12.1 Å². The first kappa shape index (κ1) is 8.43. The molecule has 1 aromatic carbocycles. The number of nitrogens with zero attached hydrogens (tertiary/aromatic N) is 2. The third-order valence-electron chi connectivity index (χ3n) is 1.56. The first-order valence-corrected chi connectivity index (χ1v) is 3.99. The van der Waals surface area contributed by atoms with Gasteiger partial charge in [-0.05, 0) is 12.1 Å². The van der Waals surface area contributed by atoms with E-state index in [0.717, 1.165) is 6.20 Å². The Kier molecular flexibility index (Phi) is 2.22. The number of H-pyrrole nitrogens is 1. The molecule has 14 heavy (non-hydrogen) atoms. The normalized spacial score (nSPS) is 9.71. The fourth-order valence-corrected chi connectivity index (χ4v) is 0.945. The molecule has 0 radical (unpaired) electrons. The maximum Gasteiger partial charge on any atom is 0.288 e. The van der Waals surface area contributed by atoms with Crippen molar-refractivity contribution in [1.29, 1.82) is 0 Å². The predicted molar refractivity (Wildman–Crippen MR) is 49.2 cm³/mol. The van der Waals surface area contributed by atoms with Gasteiger partial charge in [0.1, 0.15) is 11.9 Å². The van der Waals surface area contributed by atoms with Gasteiger partial charge in [0.05, 0.1) is 0 Å². The van der Waals surface area contributed by atoms with E-state index in [1.165, 1.54) is 0 Å². The standard InChI is InChI=1S/C9H7N3O2/c13-8-6-10-12-11-9(8)14-7-4-2-1-3-5-7/h1-6H,(H,12,13). The first-order valence-electron chi connectivity index (χ1n) is 3.99. The molecule has 2 aromatic rings. The van der Waals surface area contributed by atoms with E-state index in [4.69, 9.17) is 4.74 Å². The fraction of sp³-hybridized carbons (Fsp3) is 0. The zero-order valence-corrected chi connectivity index (χ0v) is 7.18. The average Bonchev–Trinajstić information content (AvgIpc) is 2.23. The summed E-state index contributed by atoms with van der Waals surface area (Å²) in [7, 11) is 0. The summed E-state index contributed by atoms with van der Waals surface area (Å²) in [6.07, 6.45) is 1.12. The fourth-order valence-electron chi connectivity index (χ4n) is 0.945. The number of aromatic nitrogens is 3. The molecule has 0 fully saturated rings. The summed E-state index contributed by atoms with van der Waals surface area (Å²) in [6, 6.07) is 8.95. The Morgan fingerprint density at radius 1 is 1.21 bits per heavy atom. The minimum atomic E-state index is -0.354. The lowest BCUT2D eigenvalue weighted by Crippen LogP contribution is -2.08. The number of benzene rings is 1. The molecule has 2 rings (SSSR count). The van der Waals surface area contributed by atoms with E-state index in [-0.39, 0.29) is 11.3 Å². The zero-order chi connectivity index (χ0) is 9.80. The van der Waals surface area contributed by atoms with Crippen LogP contribution in [0, 0.1) is 0 Å². The van der Waals surface area contributed by atoms with Gasteiger partial charge in [-0.2, -0.15) is 10.3 Å². The van der Waals surface area contributed by atoms with Crippen LogP contribution in [0.25, 0.3) is 0 Å². The summed E-state index contributed by atoms with van der Waals surface area (Å²) >= 11 is 0. The maximum atomic E-state index is 11.2. The maximum absolute atomic E-state index is 11.2. The topological polar surface area (TPSA) is 67.9 Å². The van der Waals surface area contributed by atoms with Crippen LogP contribution in [0.1, 0.15) is 0 Å². The van der Waals surface area contributed by atoms with Crippen molar-refractivity contribution in [2.45, 2.75) is 0 Å². The molecule has 1 heterocycles. The van der Waals surface area contributed by atoms with Gasteiger partial charge in [-0.25, -0.2) is 0 Å². The van der Waals surface area contributed by atoms with Gasteiger partial charge in [-0.15, -0.1) is 5.10 Å². The van der Waals surface area contributed by atoms with Crippen LogP contribution in [0.4, 0.5) is 0 Å². The highest BCUT2D eigenvalue weighted by molar-refractivity contribution is 5.25. The molecule has 0 aliphatic heterocycles. The molecule has 0 aliphatic rings. The molecule has 5 heteroatoms. The summed E-state index contributed by atoms with van der Waals surface area (Å²) in [5.74, 6) is 0.558. The molecule has 0 unspecified atom stereocenters. The van der Waals surface area contributed by atoms with Crippen LogP contribution in [0.15, 0.2) is 41.3 Å². The lowest BCUT2D eigenvalue weighted by atomic mass is 10.3. The van der Waals surface area contributed by atoms with Gasteiger partial charge in [-0.1, -0.05) is 18.2 Å². The lowest BCUT2D eigenvalue weighted by molar-refractivity contribution is 0.445.